The van der Waals surface area contributed by atoms with E-state index in [0.717, 1.165) is 18.8 Å². The molecule has 1 aliphatic heterocycles. The highest BCUT2D eigenvalue weighted by atomic mass is 16.6. The molecule has 24 heavy (non-hydrogen) atoms. The lowest BCUT2D eigenvalue weighted by Gasteiger charge is -2.13. The second-order valence-corrected chi connectivity index (χ2v) is 7.29. The van der Waals surface area contributed by atoms with Gasteiger partial charge in [-0.25, -0.2) is 0 Å². The predicted molar refractivity (Wildman–Crippen MR) is 102 cm³/mol. The third kappa shape index (κ3) is 7.53. The van der Waals surface area contributed by atoms with Gasteiger partial charge < -0.3 is 9.47 Å². The Hall–Kier alpha value is -1.28. The van der Waals surface area contributed by atoms with Crippen molar-refractivity contribution in [1.82, 2.24) is 0 Å². The fourth-order valence-electron chi connectivity index (χ4n) is 2.95. The maximum atomic E-state index is 5.97. The Labute approximate surface area is 148 Å². The zero-order valence-electron chi connectivity index (χ0n) is 15.4. The van der Waals surface area contributed by atoms with Crippen LogP contribution in [0.3, 0.4) is 0 Å². The zero-order valence-corrected chi connectivity index (χ0v) is 15.4. The first-order valence-electron chi connectivity index (χ1n) is 9.69. The maximum Gasteiger partial charge on any atom is 0.123 e. The SMILES string of the molecule is C=CCCCCCCCCCCc1ccccc1OCC1(C)CO1. The van der Waals surface area contributed by atoms with Crippen LogP contribution < -0.4 is 4.74 Å². The van der Waals surface area contributed by atoms with Gasteiger partial charge in [-0.15, -0.1) is 6.58 Å². The van der Waals surface area contributed by atoms with Crippen LogP contribution in [0.15, 0.2) is 36.9 Å². The smallest absolute Gasteiger partial charge is 0.123 e. The third-order valence-corrected chi connectivity index (χ3v) is 4.75. The molecule has 1 heterocycles. The highest BCUT2D eigenvalue weighted by molar-refractivity contribution is 5.33. The Morgan fingerprint density at radius 1 is 1.04 bits per heavy atom. The van der Waals surface area contributed by atoms with Gasteiger partial charge in [0.2, 0.25) is 0 Å². The Kier molecular flexibility index (Phi) is 8.38. The van der Waals surface area contributed by atoms with Crippen molar-refractivity contribution in [2.45, 2.75) is 76.7 Å². The molecule has 1 aliphatic rings. The molecule has 1 fully saturated rings. The van der Waals surface area contributed by atoms with Gasteiger partial charge in [0, 0.05) is 0 Å². The van der Waals surface area contributed by atoms with Gasteiger partial charge in [0.25, 0.3) is 0 Å². The van der Waals surface area contributed by atoms with Crippen LogP contribution in [0.1, 0.15) is 70.3 Å². The fourth-order valence-corrected chi connectivity index (χ4v) is 2.95. The van der Waals surface area contributed by atoms with Crippen molar-refractivity contribution in [3.05, 3.63) is 42.5 Å². The first kappa shape index (κ1) is 19.1. The van der Waals surface area contributed by atoms with E-state index in [1.165, 1.54) is 63.4 Å². The lowest BCUT2D eigenvalue weighted by atomic mass is 10.0. The Balaban J connectivity index is 1.54. The van der Waals surface area contributed by atoms with Crippen LogP contribution in [0.4, 0.5) is 0 Å². The standard InChI is InChI=1S/C22H34O2/c1-3-4-5-6-7-8-9-10-11-12-15-20-16-13-14-17-21(20)23-18-22(2)19-24-22/h3,13-14,16-17H,1,4-12,15,18-19H2,2H3. The molecule has 0 aliphatic carbocycles. The summed E-state index contributed by atoms with van der Waals surface area (Å²) in [7, 11) is 0. The molecule has 0 saturated carbocycles. The molecule has 2 heteroatoms. The molecule has 0 N–H and O–H groups in total. The van der Waals surface area contributed by atoms with E-state index in [4.69, 9.17) is 9.47 Å². The normalized spacial score (nSPS) is 19.2. The van der Waals surface area contributed by atoms with Gasteiger partial charge in [-0.2, -0.15) is 0 Å². The van der Waals surface area contributed by atoms with E-state index in [1.807, 2.05) is 6.08 Å². The first-order chi connectivity index (χ1) is 11.7. The quantitative estimate of drug-likeness (QED) is 0.234. The Morgan fingerprint density at radius 3 is 2.33 bits per heavy atom. The summed E-state index contributed by atoms with van der Waals surface area (Å²) >= 11 is 0. The molecule has 1 atom stereocenters. The van der Waals surface area contributed by atoms with Crippen molar-refractivity contribution in [3.8, 4) is 5.75 Å². The van der Waals surface area contributed by atoms with Gasteiger partial charge >= 0.3 is 0 Å². The average Bonchev–Trinajstić information content (AvgIpc) is 3.33. The number of allylic oxidation sites excluding steroid dienone is 1. The van der Waals surface area contributed by atoms with E-state index in [1.54, 1.807) is 0 Å². The van der Waals surface area contributed by atoms with E-state index in [-0.39, 0.29) is 5.60 Å². The summed E-state index contributed by atoms with van der Waals surface area (Å²) in [5.74, 6) is 1.04. The minimum Gasteiger partial charge on any atom is -0.490 e. The van der Waals surface area contributed by atoms with Crippen molar-refractivity contribution in [2.24, 2.45) is 0 Å². The minimum absolute atomic E-state index is 0.0429. The molecule has 2 rings (SSSR count). The molecule has 0 aromatic heterocycles. The number of hydrogen-bond acceptors (Lipinski definition) is 2. The van der Waals surface area contributed by atoms with E-state index in [0.29, 0.717) is 6.61 Å². The van der Waals surface area contributed by atoms with E-state index in [9.17, 15) is 0 Å². The van der Waals surface area contributed by atoms with Gasteiger partial charge in [0.15, 0.2) is 0 Å². The summed E-state index contributed by atoms with van der Waals surface area (Å²) < 4.78 is 11.4. The maximum absolute atomic E-state index is 5.97. The van der Waals surface area contributed by atoms with E-state index >= 15 is 0 Å². The van der Waals surface area contributed by atoms with Crippen LogP contribution in [0.25, 0.3) is 0 Å². The molecule has 2 nitrogen and oxygen atoms in total. The van der Waals surface area contributed by atoms with Crippen molar-refractivity contribution >= 4 is 0 Å². The number of rotatable bonds is 14. The molecule has 134 valence electrons. The largest absolute Gasteiger partial charge is 0.490 e. The predicted octanol–water partition coefficient (Wildman–Crippen LogP) is 6.09. The summed E-state index contributed by atoms with van der Waals surface area (Å²) in [4.78, 5) is 0. The number of epoxide rings is 1. The number of aryl methyl sites for hydroxylation is 1. The first-order valence-corrected chi connectivity index (χ1v) is 9.69. The molecule has 1 saturated heterocycles. The van der Waals surface area contributed by atoms with Crippen LogP contribution in [-0.2, 0) is 11.2 Å². The summed E-state index contributed by atoms with van der Waals surface area (Å²) in [6.07, 6.45) is 15.1. The van der Waals surface area contributed by atoms with Gasteiger partial charge in [0.1, 0.15) is 18.0 Å². The second kappa shape index (κ2) is 10.6. The van der Waals surface area contributed by atoms with Gasteiger partial charge in [-0.1, -0.05) is 62.8 Å². The summed E-state index contributed by atoms with van der Waals surface area (Å²) in [6.45, 7) is 7.36. The molecule has 1 aromatic rings. The van der Waals surface area contributed by atoms with Gasteiger partial charge in [0.05, 0.1) is 6.61 Å². The molecular weight excluding hydrogens is 296 g/mol. The highest BCUT2D eigenvalue weighted by Crippen LogP contribution is 2.28. The van der Waals surface area contributed by atoms with Crippen LogP contribution in [0.2, 0.25) is 0 Å². The topological polar surface area (TPSA) is 21.8 Å². The third-order valence-electron chi connectivity index (χ3n) is 4.75. The molecular formula is C22H34O2. The summed E-state index contributed by atoms with van der Waals surface area (Å²) in [6, 6.07) is 8.46. The number of hydrogen-bond donors (Lipinski definition) is 0. The molecule has 0 spiro atoms. The van der Waals surface area contributed by atoms with E-state index < -0.39 is 0 Å². The van der Waals surface area contributed by atoms with Crippen molar-refractivity contribution in [1.29, 1.82) is 0 Å². The average molecular weight is 331 g/mol. The fraction of sp³-hybridized carbons (Fsp3) is 0.636. The van der Waals surface area contributed by atoms with Crippen molar-refractivity contribution in [2.75, 3.05) is 13.2 Å². The Bertz CT molecular complexity index is 477. The lowest BCUT2D eigenvalue weighted by Crippen LogP contribution is -2.17. The van der Waals surface area contributed by atoms with Crippen LogP contribution in [0.5, 0.6) is 5.75 Å². The lowest BCUT2D eigenvalue weighted by molar-refractivity contribution is 0.201. The second-order valence-electron chi connectivity index (χ2n) is 7.29. The monoisotopic (exact) mass is 330 g/mol. The zero-order chi connectivity index (χ0) is 17.1. The number of para-hydroxylation sites is 1. The molecule has 1 unspecified atom stereocenters. The number of ether oxygens (including phenoxy) is 2. The van der Waals surface area contributed by atoms with Crippen molar-refractivity contribution in [3.63, 3.8) is 0 Å². The molecule has 0 amide bonds. The van der Waals surface area contributed by atoms with E-state index in [2.05, 4.69) is 37.8 Å². The van der Waals surface area contributed by atoms with Gasteiger partial charge in [-0.05, 0) is 44.2 Å². The minimum atomic E-state index is -0.0429. The summed E-state index contributed by atoms with van der Waals surface area (Å²) in [5.41, 5.74) is 1.30. The van der Waals surface area contributed by atoms with Crippen molar-refractivity contribution < 1.29 is 9.47 Å². The molecule has 1 aromatic carbocycles. The summed E-state index contributed by atoms with van der Waals surface area (Å²) in [5, 5.41) is 0. The number of unbranched alkanes of at least 4 members (excludes halogenated alkanes) is 8. The molecule has 0 radical (unpaired) electrons. The van der Waals surface area contributed by atoms with Crippen LogP contribution in [0, 0.1) is 0 Å². The van der Waals surface area contributed by atoms with Crippen LogP contribution >= 0.6 is 0 Å². The Morgan fingerprint density at radius 2 is 1.67 bits per heavy atom. The highest BCUT2D eigenvalue weighted by Gasteiger charge is 2.40. The number of benzene rings is 1. The van der Waals surface area contributed by atoms with Crippen LogP contribution in [-0.4, -0.2) is 18.8 Å². The molecule has 0 bridgehead atoms. The van der Waals surface area contributed by atoms with Gasteiger partial charge in [-0.3, -0.25) is 0 Å².